The van der Waals surface area contributed by atoms with Gasteiger partial charge in [0.1, 0.15) is 5.82 Å². The lowest BCUT2D eigenvalue weighted by Gasteiger charge is -2.13. The van der Waals surface area contributed by atoms with Crippen LogP contribution in [0.3, 0.4) is 0 Å². The molecule has 1 heterocycles. The van der Waals surface area contributed by atoms with E-state index in [9.17, 15) is 17.6 Å². The van der Waals surface area contributed by atoms with Crippen molar-refractivity contribution in [3.63, 3.8) is 0 Å². The molecule has 116 valence electrons. The summed E-state index contributed by atoms with van der Waals surface area (Å²) >= 11 is 0. The van der Waals surface area contributed by atoms with Crippen LogP contribution in [-0.2, 0) is 6.18 Å². The topological polar surface area (TPSA) is 38.9 Å². The molecule has 0 aliphatic rings. The number of aromatic nitrogens is 1. The third-order valence-corrected chi connectivity index (χ3v) is 2.68. The van der Waals surface area contributed by atoms with Gasteiger partial charge in [-0.25, -0.2) is 4.39 Å². The van der Waals surface area contributed by atoms with Crippen molar-refractivity contribution in [1.29, 1.82) is 0 Å². The van der Waals surface area contributed by atoms with Crippen molar-refractivity contribution in [2.75, 3.05) is 0 Å². The van der Waals surface area contributed by atoms with Gasteiger partial charge in [-0.2, -0.15) is 13.2 Å². The van der Waals surface area contributed by atoms with E-state index in [0.717, 1.165) is 12.1 Å². The van der Waals surface area contributed by atoms with Crippen LogP contribution in [0.4, 0.5) is 17.6 Å². The first-order chi connectivity index (χ1) is 8.89. The first kappa shape index (κ1) is 19.6. The molecule has 0 spiro atoms. The van der Waals surface area contributed by atoms with Crippen molar-refractivity contribution in [2.45, 2.75) is 12.2 Å². The second-order valence-corrected chi connectivity index (χ2v) is 3.97. The van der Waals surface area contributed by atoms with Gasteiger partial charge >= 0.3 is 6.18 Å². The van der Waals surface area contributed by atoms with Crippen LogP contribution in [-0.4, -0.2) is 4.98 Å². The Morgan fingerprint density at radius 2 is 1.57 bits per heavy atom. The fourth-order valence-electron chi connectivity index (χ4n) is 1.66. The monoisotopic (exact) mass is 342 g/mol. The molecule has 21 heavy (non-hydrogen) atoms. The summed E-state index contributed by atoms with van der Waals surface area (Å²) in [5.41, 5.74) is 5.39. The van der Waals surface area contributed by atoms with Gasteiger partial charge in [0, 0.05) is 6.20 Å². The Morgan fingerprint density at radius 1 is 1.00 bits per heavy atom. The molecule has 0 aliphatic carbocycles. The Labute approximate surface area is 131 Å². The second-order valence-electron chi connectivity index (χ2n) is 3.97. The fraction of sp³-hybridized carbons (Fsp3) is 0.154. The van der Waals surface area contributed by atoms with Crippen molar-refractivity contribution in [1.82, 2.24) is 4.98 Å². The van der Waals surface area contributed by atoms with Crippen molar-refractivity contribution < 1.29 is 17.6 Å². The number of pyridine rings is 1. The number of alkyl halides is 3. The first-order valence-electron chi connectivity index (χ1n) is 5.43. The number of halogens is 6. The number of nitrogens with two attached hydrogens (primary N) is 1. The van der Waals surface area contributed by atoms with Crippen molar-refractivity contribution in [2.24, 2.45) is 5.73 Å². The van der Waals surface area contributed by atoms with E-state index in [4.69, 9.17) is 5.73 Å². The minimum atomic E-state index is -4.40. The van der Waals surface area contributed by atoms with Crippen LogP contribution < -0.4 is 5.73 Å². The van der Waals surface area contributed by atoms with Gasteiger partial charge < -0.3 is 5.73 Å². The predicted octanol–water partition coefficient (Wildman–Crippen LogP) is 4.13. The molecule has 0 aliphatic heterocycles. The highest BCUT2D eigenvalue weighted by molar-refractivity contribution is 5.85. The van der Waals surface area contributed by atoms with Gasteiger partial charge in [-0.3, -0.25) is 4.98 Å². The fourth-order valence-corrected chi connectivity index (χ4v) is 1.66. The molecule has 1 aromatic heterocycles. The molecule has 0 saturated carbocycles. The van der Waals surface area contributed by atoms with E-state index in [2.05, 4.69) is 4.98 Å². The normalized spacial score (nSPS) is 12.0. The van der Waals surface area contributed by atoms with Gasteiger partial charge in [-0.15, -0.1) is 24.8 Å². The summed E-state index contributed by atoms with van der Waals surface area (Å²) in [4.78, 5) is 3.80. The minimum absolute atomic E-state index is 0. The summed E-state index contributed by atoms with van der Waals surface area (Å²) < 4.78 is 50.7. The van der Waals surface area contributed by atoms with Crippen LogP contribution in [0.2, 0.25) is 0 Å². The van der Waals surface area contributed by atoms with Crippen LogP contribution in [0.15, 0.2) is 42.6 Å². The average molecular weight is 343 g/mol. The Balaban J connectivity index is 0.00000200. The lowest BCUT2D eigenvalue weighted by Crippen LogP contribution is -2.15. The summed E-state index contributed by atoms with van der Waals surface area (Å²) in [6.07, 6.45) is -3.03. The SMILES string of the molecule is Cl.Cl.NC(c1ccc(C(F)(F)F)cc1)c1ncccc1F. The number of hydrogen-bond acceptors (Lipinski definition) is 2. The van der Waals surface area contributed by atoms with Crippen molar-refractivity contribution in [3.8, 4) is 0 Å². The number of nitrogens with zero attached hydrogens (tertiary/aromatic N) is 1. The summed E-state index contributed by atoms with van der Waals surface area (Å²) in [5.74, 6) is -0.588. The molecular formula is C13H12Cl2F4N2. The number of hydrogen-bond donors (Lipinski definition) is 1. The molecule has 0 bridgehead atoms. The van der Waals surface area contributed by atoms with E-state index < -0.39 is 23.6 Å². The predicted molar refractivity (Wildman–Crippen MR) is 76.2 cm³/mol. The molecule has 0 amide bonds. The molecule has 2 N–H and O–H groups in total. The zero-order valence-corrected chi connectivity index (χ0v) is 12.1. The Morgan fingerprint density at radius 3 is 2.05 bits per heavy atom. The zero-order chi connectivity index (χ0) is 14.0. The van der Waals surface area contributed by atoms with Crippen LogP contribution in [0, 0.1) is 5.82 Å². The van der Waals surface area contributed by atoms with E-state index in [1.54, 1.807) is 0 Å². The van der Waals surface area contributed by atoms with E-state index in [1.165, 1.54) is 30.5 Å². The highest BCUT2D eigenvalue weighted by Gasteiger charge is 2.30. The summed E-state index contributed by atoms with van der Waals surface area (Å²) in [6.45, 7) is 0. The summed E-state index contributed by atoms with van der Waals surface area (Å²) in [7, 11) is 0. The van der Waals surface area contributed by atoms with Gasteiger partial charge in [-0.05, 0) is 29.8 Å². The van der Waals surface area contributed by atoms with Crippen LogP contribution in [0.25, 0.3) is 0 Å². The molecule has 2 nitrogen and oxygen atoms in total. The van der Waals surface area contributed by atoms with Gasteiger partial charge in [-0.1, -0.05) is 12.1 Å². The molecule has 0 fully saturated rings. The lowest BCUT2D eigenvalue weighted by atomic mass is 10.0. The van der Waals surface area contributed by atoms with Crippen LogP contribution >= 0.6 is 24.8 Å². The Kier molecular flexibility index (Phi) is 7.09. The standard InChI is InChI=1S/C13H10F4N2.2ClH/c14-10-2-1-7-19-12(10)11(18)8-3-5-9(6-4-8)13(15,16)17;;/h1-7,11H,18H2;2*1H. The van der Waals surface area contributed by atoms with E-state index >= 15 is 0 Å². The van der Waals surface area contributed by atoms with E-state index in [-0.39, 0.29) is 30.5 Å². The van der Waals surface area contributed by atoms with Gasteiger partial charge in [0.2, 0.25) is 0 Å². The van der Waals surface area contributed by atoms with Crippen molar-refractivity contribution >= 4 is 24.8 Å². The largest absolute Gasteiger partial charge is 0.416 e. The molecule has 1 atom stereocenters. The Hall–Kier alpha value is -1.37. The van der Waals surface area contributed by atoms with Crippen LogP contribution in [0.5, 0.6) is 0 Å². The molecule has 2 aromatic rings. The number of rotatable bonds is 2. The van der Waals surface area contributed by atoms with Gasteiger partial charge in [0.05, 0.1) is 17.3 Å². The lowest BCUT2D eigenvalue weighted by molar-refractivity contribution is -0.137. The zero-order valence-electron chi connectivity index (χ0n) is 10.5. The highest BCUT2D eigenvalue weighted by atomic mass is 35.5. The first-order valence-corrected chi connectivity index (χ1v) is 5.43. The molecular weight excluding hydrogens is 331 g/mol. The quantitative estimate of drug-likeness (QED) is 0.833. The molecule has 0 saturated heterocycles. The highest BCUT2D eigenvalue weighted by Crippen LogP contribution is 2.30. The van der Waals surface area contributed by atoms with Crippen LogP contribution in [0.1, 0.15) is 22.9 Å². The molecule has 1 unspecified atom stereocenters. The maximum absolute atomic E-state index is 13.5. The summed E-state index contributed by atoms with van der Waals surface area (Å²) in [6, 6.07) is 5.99. The summed E-state index contributed by atoms with van der Waals surface area (Å²) in [5, 5.41) is 0. The number of benzene rings is 1. The average Bonchev–Trinajstić information content (AvgIpc) is 2.38. The third kappa shape index (κ3) is 4.56. The minimum Gasteiger partial charge on any atom is -0.319 e. The maximum atomic E-state index is 13.5. The van der Waals surface area contributed by atoms with Gasteiger partial charge in [0.15, 0.2) is 0 Å². The molecule has 0 radical (unpaired) electrons. The molecule has 2 rings (SSSR count). The Bertz CT molecular complexity index is 573. The third-order valence-electron chi connectivity index (χ3n) is 2.68. The second kappa shape index (κ2) is 7.59. The van der Waals surface area contributed by atoms with E-state index in [1.807, 2.05) is 0 Å². The van der Waals surface area contributed by atoms with E-state index in [0.29, 0.717) is 5.56 Å². The van der Waals surface area contributed by atoms with Gasteiger partial charge in [0.25, 0.3) is 0 Å². The molecule has 8 heteroatoms. The smallest absolute Gasteiger partial charge is 0.319 e. The molecule has 1 aromatic carbocycles. The van der Waals surface area contributed by atoms with Crippen molar-refractivity contribution in [3.05, 3.63) is 65.2 Å². The maximum Gasteiger partial charge on any atom is 0.416 e.